The molecule has 50 heavy (non-hydrogen) atoms. The average Bonchev–Trinajstić information content (AvgIpc) is 3.10. The molecule has 0 aliphatic heterocycles. The molecule has 0 radical (unpaired) electrons. The van der Waals surface area contributed by atoms with Crippen molar-refractivity contribution in [2.24, 2.45) is 11.3 Å². The minimum absolute atomic E-state index is 0.0330. The lowest BCUT2D eigenvalue weighted by Crippen LogP contribution is -2.29. The van der Waals surface area contributed by atoms with Crippen molar-refractivity contribution < 1.29 is 24.2 Å². The van der Waals surface area contributed by atoms with Gasteiger partial charge in [0.2, 0.25) is 0 Å². The molecule has 0 bridgehead atoms. The first kappa shape index (κ1) is 48.9. The van der Waals surface area contributed by atoms with E-state index in [2.05, 4.69) is 25.7 Å². The van der Waals surface area contributed by atoms with Gasteiger partial charge in [0.25, 0.3) is 0 Å². The molecule has 1 N–H and O–H groups in total. The van der Waals surface area contributed by atoms with Gasteiger partial charge in [-0.1, -0.05) is 162 Å². The van der Waals surface area contributed by atoms with Gasteiger partial charge in [-0.3, -0.25) is 9.59 Å². The first-order chi connectivity index (χ1) is 24.3. The van der Waals surface area contributed by atoms with E-state index in [-0.39, 0.29) is 18.5 Å². The van der Waals surface area contributed by atoms with E-state index in [0.29, 0.717) is 32.1 Å². The maximum absolute atomic E-state index is 13.0. The van der Waals surface area contributed by atoms with Gasteiger partial charge < -0.3 is 19.5 Å². The van der Waals surface area contributed by atoms with Crippen LogP contribution in [0.2, 0.25) is 0 Å². The second-order valence-electron chi connectivity index (χ2n) is 16.0. The predicted octanol–water partition coefficient (Wildman–Crippen LogP) is 12.4. The Morgan fingerprint density at radius 2 is 1.02 bits per heavy atom. The molecule has 0 rings (SSSR count). The number of hydrogen-bond acceptors (Lipinski definition) is 6. The monoisotopic (exact) mass is 710 g/mol. The highest BCUT2D eigenvalue weighted by atomic mass is 16.5. The Balaban J connectivity index is 4.03. The fourth-order valence-electron chi connectivity index (χ4n) is 6.95. The van der Waals surface area contributed by atoms with Crippen molar-refractivity contribution in [2.45, 2.75) is 221 Å². The summed E-state index contributed by atoms with van der Waals surface area (Å²) in [4.78, 5) is 27.4. The van der Waals surface area contributed by atoms with E-state index in [9.17, 15) is 14.7 Å². The number of rotatable bonds is 39. The van der Waals surface area contributed by atoms with E-state index < -0.39 is 5.41 Å². The Hall–Kier alpha value is -1.14. The van der Waals surface area contributed by atoms with Gasteiger partial charge in [0.1, 0.15) is 0 Å². The standard InChI is InChI=1S/C44H87NO5/c1-6-9-12-15-16-17-18-21-29-39-49-42(47)32-25-22-28-36-45(37-38-46)35-27-20-19-26-34-44(4,5)43(48)50-40-33-41(30-23-13-10-7-2)31-24-14-11-8-3/h41,46H,6-40H2,1-5H3. The van der Waals surface area contributed by atoms with Crippen LogP contribution in [0.4, 0.5) is 0 Å². The summed E-state index contributed by atoms with van der Waals surface area (Å²) in [6, 6.07) is 0. The van der Waals surface area contributed by atoms with E-state index >= 15 is 0 Å². The number of nitrogens with zero attached hydrogens (tertiary/aromatic N) is 1. The number of carbonyl (C=O) groups is 2. The third kappa shape index (κ3) is 31.6. The summed E-state index contributed by atoms with van der Waals surface area (Å²) < 4.78 is 11.3. The summed E-state index contributed by atoms with van der Waals surface area (Å²) >= 11 is 0. The van der Waals surface area contributed by atoms with Crippen LogP contribution in [0.25, 0.3) is 0 Å². The van der Waals surface area contributed by atoms with Gasteiger partial charge in [-0.25, -0.2) is 0 Å². The van der Waals surface area contributed by atoms with Crippen LogP contribution in [0.3, 0.4) is 0 Å². The molecule has 0 spiro atoms. The third-order valence-corrected chi connectivity index (χ3v) is 10.6. The highest BCUT2D eigenvalue weighted by Gasteiger charge is 2.28. The number of aliphatic hydroxyl groups excluding tert-OH is 1. The summed E-state index contributed by atoms with van der Waals surface area (Å²) in [7, 11) is 0. The van der Waals surface area contributed by atoms with Crippen LogP contribution in [0.15, 0.2) is 0 Å². The van der Waals surface area contributed by atoms with Crippen LogP contribution in [0.1, 0.15) is 221 Å². The second kappa shape index (κ2) is 36.2. The van der Waals surface area contributed by atoms with Gasteiger partial charge in [0, 0.05) is 13.0 Å². The molecular formula is C44H87NO5. The van der Waals surface area contributed by atoms with Crippen molar-refractivity contribution in [1.82, 2.24) is 4.90 Å². The average molecular weight is 710 g/mol. The fraction of sp³-hybridized carbons (Fsp3) is 0.955. The van der Waals surface area contributed by atoms with Gasteiger partial charge in [0.15, 0.2) is 0 Å². The second-order valence-corrected chi connectivity index (χ2v) is 16.0. The zero-order valence-corrected chi connectivity index (χ0v) is 34.4. The molecular weight excluding hydrogens is 622 g/mol. The molecule has 0 aliphatic rings. The number of hydrogen-bond donors (Lipinski definition) is 1. The molecule has 0 aromatic rings. The number of esters is 2. The molecule has 0 saturated heterocycles. The molecule has 0 fully saturated rings. The lowest BCUT2D eigenvalue weighted by molar-refractivity contribution is -0.154. The first-order valence-corrected chi connectivity index (χ1v) is 22.0. The fourth-order valence-corrected chi connectivity index (χ4v) is 6.95. The van der Waals surface area contributed by atoms with Crippen LogP contribution in [-0.4, -0.2) is 61.4 Å². The molecule has 0 aliphatic carbocycles. The lowest BCUT2D eigenvalue weighted by atomic mass is 9.87. The van der Waals surface area contributed by atoms with Crippen LogP contribution in [-0.2, 0) is 19.1 Å². The third-order valence-electron chi connectivity index (χ3n) is 10.6. The van der Waals surface area contributed by atoms with Crippen molar-refractivity contribution in [2.75, 3.05) is 39.5 Å². The highest BCUT2D eigenvalue weighted by molar-refractivity contribution is 5.75. The van der Waals surface area contributed by atoms with Crippen LogP contribution >= 0.6 is 0 Å². The maximum Gasteiger partial charge on any atom is 0.311 e. The van der Waals surface area contributed by atoms with E-state index in [1.165, 1.54) is 109 Å². The quantitative estimate of drug-likeness (QED) is 0.0506. The zero-order valence-electron chi connectivity index (χ0n) is 34.4. The molecule has 6 nitrogen and oxygen atoms in total. The largest absolute Gasteiger partial charge is 0.466 e. The van der Waals surface area contributed by atoms with Gasteiger partial charge in [-0.2, -0.15) is 0 Å². The normalized spacial score (nSPS) is 11.9. The van der Waals surface area contributed by atoms with Crippen molar-refractivity contribution in [3.63, 3.8) is 0 Å². The molecule has 6 heteroatoms. The number of unbranched alkanes of at least 4 members (excludes halogenated alkanes) is 19. The molecule has 0 aromatic heterocycles. The minimum atomic E-state index is -0.430. The Morgan fingerprint density at radius 1 is 0.540 bits per heavy atom. The van der Waals surface area contributed by atoms with E-state index in [1.807, 2.05) is 13.8 Å². The van der Waals surface area contributed by atoms with Crippen molar-refractivity contribution in [3.05, 3.63) is 0 Å². The number of ether oxygens (including phenoxy) is 2. The molecule has 0 unspecified atom stereocenters. The summed E-state index contributed by atoms with van der Waals surface area (Å²) in [5.41, 5.74) is -0.430. The molecule has 298 valence electrons. The molecule has 0 heterocycles. The lowest BCUT2D eigenvalue weighted by Gasteiger charge is -2.24. The Kier molecular flexibility index (Phi) is 35.4. The molecule has 0 amide bonds. The summed E-state index contributed by atoms with van der Waals surface area (Å²) in [6.07, 6.45) is 34.2. The Bertz CT molecular complexity index is 730. The smallest absolute Gasteiger partial charge is 0.311 e. The van der Waals surface area contributed by atoms with Crippen molar-refractivity contribution >= 4 is 11.9 Å². The van der Waals surface area contributed by atoms with Crippen LogP contribution < -0.4 is 0 Å². The molecule has 0 saturated carbocycles. The van der Waals surface area contributed by atoms with E-state index in [4.69, 9.17) is 9.47 Å². The number of aliphatic hydroxyl groups is 1. The van der Waals surface area contributed by atoms with Crippen molar-refractivity contribution in [1.29, 1.82) is 0 Å². The van der Waals surface area contributed by atoms with Gasteiger partial charge in [0.05, 0.1) is 25.2 Å². The van der Waals surface area contributed by atoms with Gasteiger partial charge in [-0.05, 0) is 71.4 Å². The highest BCUT2D eigenvalue weighted by Crippen LogP contribution is 2.27. The SMILES string of the molecule is CCCCCCCCCCCOC(=O)CCCCCN(CCO)CCCCCCC(C)(C)C(=O)OCCC(CCCCCC)CCCCCC. The molecule has 0 atom stereocenters. The maximum atomic E-state index is 13.0. The number of carbonyl (C=O) groups excluding carboxylic acids is 2. The molecule has 0 aromatic carbocycles. The first-order valence-electron chi connectivity index (χ1n) is 22.0. The van der Waals surface area contributed by atoms with E-state index in [0.717, 1.165) is 83.7 Å². The van der Waals surface area contributed by atoms with Crippen molar-refractivity contribution in [3.8, 4) is 0 Å². The van der Waals surface area contributed by atoms with Gasteiger partial charge >= 0.3 is 11.9 Å². The summed E-state index contributed by atoms with van der Waals surface area (Å²) in [5, 5.41) is 9.55. The van der Waals surface area contributed by atoms with Gasteiger partial charge in [-0.15, -0.1) is 0 Å². The predicted molar refractivity (Wildman–Crippen MR) is 214 cm³/mol. The van der Waals surface area contributed by atoms with E-state index in [1.54, 1.807) is 0 Å². The minimum Gasteiger partial charge on any atom is -0.466 e. The van der Waals surface area contributed by atoms with Crippen LogP contribution in [0.5, 0.6) is 0 Å². The Labute approximate surface area is 312 Å². The Morgan fingerprint density at radius 3 is 1.58 bits per heavy atom. The summed E-state index contributed by atoms with van der Waals surface area (Å²) in [6.45, 7) is 14.9. The summed E-state index contributed by atoms with van der Waals surface area (Å²) in [5.74, 6) is 0.602. The zero-order chi connectivity index (χ0) is 37.0. The topological polar surface area (TPSA) is 76.1 Å². The van der Waals surface area contributed by atoms with Crippen LogP contribution in [0, 0.1) is 11.3 Å².